The smallest absolute Gasteiger partial charge is 0.320 e. The maximum absolute atomic E-state index is 13.5. The number of ether oxygens (including phenoxy) is 5. The van der Waals surface area contributed by atoms with Crippen molar-refractivity contribution in [3.63, 3.8) is 0 Å². The minimum absolute atomic E-state index is 0.0303. The molecule has 5 aliphatic rings. The summed E-state index contributed by atoms with van der Waals surface area (Å²) in [6, 6.07) is 0. The van der Waals surface area contributed by atoms with Gasteiger partial charge >= 0.3 is 17.9 Å². The first-order chi connectivity index (χ1) is 22.8. The first-order valence-corrected chi connectivity index (χ1v) is 18.5. The van der Waals surface area contributed by atoms with Crippen molar-refractivity contribution in [2.45, 2.75) is 112 Å². The molecule has 10 nitrogen and oxygen atoms in total. The molecule has 5 rings (SSSR count). The second-order valence-corrected chi connectivity index (χ2v) is 17.7. The van der Waals surface area contributed by atoms with Crippen LogP contribution in [0.15, 0.2) is 11.6 Å². The molecule has 10 heteroatoms. The summed E-state index contributed by atoms with van der Waals surface area (Å²) in [6.45, 7) is 18.4. The van der Waals surface area contributed by atoms with E-state index in [1.165, 1.54) is 12.5 Å². The zero-order valence-corrected chi connectivity index (χ0v) is 31.9. The topological polar surface area (TPSA) is 121 Å². The average molecular weight is 690 g/mol. The van der Waals surface area contributed by atoms with Crippen molar-refractivity contribution in [1.29, 1.82) is 0 Å². The van der Waals surface area contributed by atoms with Gasteiger partial charge in [-0.05, 0) is 85.5 Å². The molecule has 0 aromatic heterocycles. The number of aliphatic carboxylic acids is 1. The molecule has 0 radical (unpaired) electrons. The number of hydrogen-bond donors (Lipinski definition) is 1. The Morgan fingerprint density at radius 2 is 1.67 bits per heavy atom. The van der Waals surface area contributed by atoms with Crippen LogP contribution >= 0.6 is 0 Å². The van der Waals surface area contributed by atoms with Gasteiger partial charge < -0.3 is 28.8 Å². The number of likely N-dealkylation sites (N-methyl/N-ethyl adjacent to an activating group) is 1. The lowest BCUT2D eigenvalue weighted by atomic mass is 9.34. The van der Waals surface area contributed by atoms with Gasteiger partial charge in [0, 0.05) is 38.5 Å². The third-order valence-electron chi connectivity index (χ3n) is 15.0. The van der Waals surface area contributed by atoms with Crippen molar-refractivity contribution in [3.8, 4) is 0 Å². The number of methoxy groups -OCH3 is 2. The zero-order valence-electron chi connectivity index (χ0n) is 31.9. The maximum Gasteiger partial charge on any atom is 0.320 e. The van der Waals surface area contributed by atoms with Crippen LogP contribution in [-0.2, 0) is 38.1 Å². The van der Waals surface area contributed by atoms with Gasteiger partial charge in [0.15, 0.2) is 6.29 Å². The van der Waals surface area contributed by atoms with Crippen molar-refractivity contribution in [1.82, 2.24) is 4.90 Å². The molecular formula is C39H63NO9. The van der Waals surface area contributed by atoms with Crippen LogP contribution in [0.4, 0.5) is 0 Å². The molecule has 0 spiro atoms. The average Bonchev–Trinajstić information content (AvgIpc) is 3.01. The third kappa shape index (κ3) is 5.98. The molecule has 1 aliphatic heterocycles. The van der Waals surface area contributed by atoms with Crippen LogP contribution in [0.3, 0.4) is 0 Å². The third-order valence-corrected chi connectivity index (χ3v) is 15.0. The van der Waals surface area contributed by atoms with E-state index in [2.05, 4.69) is 54.5 Å². The lowest BCUT2D eigenvalue weighted by Gasteiger charge is -2.71. The molecule has 2 bridgehead atoms. The summed E-state index contributed by atoms with van der Waals surface area (Å²) in [5, 5.41) is 11.0. The highest BCUT2D eigenvalue weighted by Gasteiger charge is 2.72. The number of carbonyl (C=O) groups is 3. The number of esters is 2. The minimum atomic E-state index is -0.677. The molecule has 278 valence electrons. The Labute approximate surface area is 293 Å². The summed E-state index contributed by atoms with van der Waals surface area (Å²) in [5.74, 6) is -0.946. The lowest BCUT2D eigenvalue weighted by molar-refractivity contribution is -0.263. The van der Waals surface area contributed by atoms with Crippen LogP contribution in [0.5, 0.6) is 0 Å². The standard InChI is InChI=1S/C39H63NO9/c1-23(2)24(3)35(5)16-17-37(7)26-12-13-29-36(6)21-47-22-39(29,27(26)14-15-38(37,8)32(35)34(43)44)18-28(48-25(4)41)33(36)49-30(42)19-40(9)20-31(45-10)46-11/h14,23-24,26,28-29,31-33H,12-13,15-22H2,1-11H3,(H,43,44)/t24-,26+,28-,29+,32-,33+,35-,36-,37-,38+,39-/m1/s1. The predicted octanol–water partition coefficient (Wildman–Crippen LogP) is 5.97. The molecule has 1 heterocycles. The first kappa shape index (κ1) is 38.2. The van der Waals surface area contributed by atoms with Gasteiger partial charge in [0.2, 0.25) is 0 Å². The normalized spacial score (nSPS) is 42.1. The number of carboxylic acids is 1. The Hall–Kier alpha value is -2.01. The van der Waals surface area contributed by atoms with Crippen molar-refractivity contribution < 1.29 is 43.2 Å². The zero-order chi connectivity index (χ0) is 36.3. The van der Waals surface area contributed by atoms with Crippen LogP contribution in [0.2, 0.25) is 0 Å². The fourth-order valence-electron chi connectivity index (χ4n) is 12.1. The molecule has 49 heavy (non-hydrogen) atoms. The number of carbonyl (C=O) groups excluding carboxylic acids is 2. The molecule has 1 saturated heterocycles. The summed E-state index contributed by atoms with van der Waals surface area (Å²) in [7, 11) is 4.93. The summed E-state index contributed by atoms with van der Waals surface area (Å²) in [5.41, 5.74) is -0.588. The highest BCUT2D eigenvalue weighted by Crippen LogP contribution is 2.75. The number of nitrogens with zero attached hydrogens (tertiary/aromatic N) is 1. The Morgan fingerprint density at radius 3 is 2.27 bits per heavy atom. The molecule has 1 N–H and O–H groups in total. The molecule has 3 saturated carbocycles. The predicted molar refractivity (Wildman–Crippen MR) is 184 cm³/mol. The van der Waals surface area contributed by atoms with E-state index in [-0.39, 0.29) is 35.1 Å². The summed E-state index contributed by atoms with van der Waals surface area (Å²) < 4.78 is 29.5. The summed E-state index contributed by atoms with van der Waals surface area (Å²) in [4.78, 5) is 41.3. The largest absolute Gasteiger partial charge is 0.481 e. The molecule has 0 aromatic carbocycles. The lowest BCUT2D eigenvalue weighted by Crippen LogP contribution is -2.70. The molecule has 4 fully saturated rings. The molecule has 0 aromatic rings. The van der Waals surface area contributed by atoms with E-state index in [9.17, 15) is 19.5 Å². The van der Waals surface area contributed by atoms with Crippen molar-refractivity contribution in [2.75, 3.05) is 47.6 Å². The second kappa shape index (κ2) is 13.5. The fourth-order valence-corrected chi connectivity index (χ4v) is 12.1. The molecule has 4 aliphatic carbocycles. The highest BCUT2D eigenvalue weighted by atomic mass is 16.7. The van der Waals surface area contributed by atoms with Crippen molar-refractivity contribution >= 4 is 17.9 Å². The fraction of sp³-hybridized carbons (Fsp3) is 0.872. The van der Waals surface area contributed by atoms with E-state index >= 15 is 0 Å². The van der Waals surface area contributed by atoms with Crippen LogP contribution < -0.4 is 0 Å². The quantitative estimate of drug-likeness (QED) is 0.158. The number of hydrogen-bond acceptors (Lipinski definition) is 9. The van der Waals surface area contributed by atoms with Crippen LogP contribution in [0.25, 0.3) is 0 Å². The number of carboxylic acid groups (broad SMARTS) is 1. The monoisotopic (exact) mass is 689 g/mol. The maximum atomic E-state index is 13.5. The van der Waals surface area contributed by atoms with Crippen LogP contribution in [-0.4, -0.2) is 94.0 Å². The van der Waals surface area contributed by atoms with Gasteiger partial charge in [0.05, 0.1) is 25.7 Å². The summed E-state index contributed by atoms with van der Waals surface area (Å²) >= 11 is 0. The number of allylic oxidation sites excluding steroid dienone is 1. The van der Waals surface area contributed by atoms with Crippen molar-refractivity contribution in [3.05, 3.63) is 11.6 Å². The van der Waals surface area contributed by atoms with E-state index < -0.39 is 58.6 Å². The molecular weight excluding hydrogens is 626 g/mol. The Morgan fingerprint density at radius 1 is 1.00 bits per heavy atom. The van der Waals surface area contributed by atoms with E-state index in [0.717, 1.165) is 25.7 Å². The molecule has 0 amide bonds. The van der Waals surface area contributed by atoms with Crippen LogP contribution in [0, 0.1) is 56.7 Å². The molecule has 0 unspecified atom stereocenters. The summed E-state index contributed by atoms with van der Waals surface area (Å²) in [6.07, 6.45) is 5.51. The van der Waals surface area contributed by atoms with Gasteiger partial charge in [-0.1, -0.05) is 60.1 Å². The van der Waals surface area contributed by atoms with Crippen LogP contribution in [0.1, 0.15) is 93.9 Å². The van der Waals surface area contributed by atoms with Crippen molar-refractivity contribution in [2.24, 2.45) is 56.7 Å². The Bertz CT molecular complexity index is 1310. The van der Waals surface area contributed by atoms with Gasteiger partial charge in [0.25, 0.3) is 0 Å². The van der Waals surface area contributed by atoms with E-state index in [0.29, 0.717) is 38.5 Å². The van der Waals surface area contributed by atoms with E-state index in [4.69, 9.17) is 23.7 Å². The van der Waals surface area contributed by atoms with Gasteiger partial charge in [0.1, 0.15) is 12.2 Å². The van der Waals surface area contributed by atoms with Gasteiger partial charge in [-0.2, -0.15) is 0 Å². The highest BCUT2D eigenvalue weighted by molar-refractivity contribution is 5.73. The van der Waals surface area contributed by atoms with E-state index in [1.54, 1.807) is 19.1 Å². The number of rotatable bonds is 11. The second-order valence-electron chi connectivity index (χ2n) is 17.7. The molecule has 11 atom stereocenters. The van der Waals surface area contributed by atoms with E-state index in [1.807, 2.05) is 7.05 Å². The number of fused-ring (bicyclic) bond motifs is 3. The minimum Gasteiger partial charge on any atom is -0.481 e. The van der Waals surface area contributed by atoms with Gasteiger partial charge in [-0.15, -0.1) is 0 Å². The SMILES string of the molecule is COC(CN(C)CC(=O)O[C@H]1[C@H](OC(C)=O)C[C@]23COC[C@]1(C)[C@@H]2CC[C@H]1C3=CC[C@@]2(C)[C@H](C(=O)O)[C@@](C)([C@H](C)C(C)C)CC[C@]12C)OC. The Balaban J connectivity index is 1.51. The van der Waals surface area contributed by atoms with Gasteiger partial charge in [-0.25, -0.2) is 0 Å². The first-order valence-electron chi connectivity index (χ1n) is 18.5. The van der Waals surface area contributed by atoms with Gasteiger partial charge in [-0.3, -0.25) is 19.3 Å². The Kier molecular flexibility index (Phi) is 10.5.